The summed E-state index contributed by atoms with van der Waals surface area (Å²) in [5.41, 5.74) is 2.67. The zero-order chi connectivity index (χ0) is 22.3. The van der Waals surface area contributed by atoms with E-state index in [1.807, 2.05) is 88.4 Å². The summed E-state index contributed by atoms with van der Waals surface area (Å²) in [6.07, 6.45) is 5.56. The third-order valence-electron chi connectivity index (χ3n) is 4.92. The summed E-state index contributed by atoms with van der Waals surface area (Å²) in [4.78, 5) is 12.3. The molecule has 0 radical (unpaired) electrons. The van der Waals surface area contributed by atoms with Gasteiger partial charge in [-0.1, -0.05) is 30.3 Å². The minimum atomic E-state index is -1.38. The van der Waals surface area contributed by atoms with Crippen molar-refractivity contribution in [2.24, 2.45) is 0 Å². The third kappa shape index (κ3) is 5.15. The first-order valence-corrected chi connectivity index (χ1v) is 11.6. The lowest BCUT2D eigenvalue weighted by Gasteiger charge is -2.11. The zero-order valence-corrected chi connectivity index (χ0v) is 18.5. The first-order valence-electron chi connectivity index (χ1n) is 10.1. The topological polar surface area (TPSA) is 78.2 Å². The van der Waals surface area contributed by atoms with E-state index in [1.54, 1.807) is 13.3 Å². The molecule has 0 bridgehead atoms. The third-order valence-corrected chi connectivity index (χ3v) is 6.14. The largest absolute Gasteiger partial charge is 0.497 e. The van der Waals surface area contributed by atoms with Crippen molar-refractivity contribution >= 4 is 16.7 Å². The molecule has 1 unspecified atom stereocenters. The van der Waals surface area contributed by atoms with Crippen LogP contribution in [0, 0.1) is 0 Å². The highest BCUT2D eigenvalue weighted by atomic mass is 32.2. The molecule has 2 aromatic carbocycles. The van der Waals surface area contributed by atoms with Crippen LogP contribution in [0.1, 0.15) is 11.1 Å². The summed E-state index contributed by atoms with van der Waals surface area (Å²) in [5.74, 6) is 1.48. The molecule has 0 aliphatic carbocycles. The summed E-state index contributed by atoms with van der Waals surface area (Å²) in [7, 11) is 0.231. The summed E-state index contributed by atoms with van der Waals surface area (Å²) in [6.45, 7) is 0.376. The van der Waals surface area contributed by atoms with E-state index in [4.69, 9.17) is 4.74 Å². The van der Waals surface area contributed by atoms with Crippen LogP contribution in [0.3, 0.4) is 0 Å². The van der Waals surface area contributed by atoms with Gasteiger partial charge < -0.3 is 14.6 Å². The van der Waals surface area contributed by atoms with E-state index in [2.05, 4.69) is 10.4 Å². The van der Waals surface area contributed by atoms with Crippen molar-refractivity contribution in [2.75, 3.05) is 12.9 Å². The zero-order valence-electron chi connectivity index (χ0n) is 17.7. The number of benzene rings is 2. The number of rotatable bonds is 9. The van der Waals surface area contributed by atoms with Crippen LogP contribution in [0.2, 0.25) is 0 Å². The monoisotopic (exact) mass is 448 g/mol. The number of aromatic nitrogens is 3. The second-order valence-electron chi connectivity index (χ2n) is 7.18. The maximum absolute atomic E-state index is 12.8. The van der Waals surface area contributed by atoms with E-state index >= 15 is 0 Å². The Morgan fingerprint density at radius 1 is 1.03 bits per heavy atom. The molecule has 2 heterocycles. The number of methoxy groups -OCH3 is 1. The lowest BCUT2D eigenvalue weighted by molar-refractivity contribution is -0.118. The van der Waals surface area contributed by atoms with E-state index in [0.29, 0.717) is 6.54 Å². The molecule has 0 aliphatic heterocycles. The molecule has 164 valence electrons. The van der Waals surface area contributed by atoms with E-state index in [1.165, 1.54) is 0 Å². The van der Waals surface area contributed by atoms with E-state index < -0.39 is 10.8 Å². The molecule has 0 fully saturated rings. The number of nitrogens with one attached hydrogen (secondary N) is 1. The maximum atomic E-state index is 12.8. The van der Waals surface area contributed by atoms with Crippen LogP contribution in [0.4, 0.5) is 0 Å². The molecule has 1 amide bonds. The summed E-state index contributed by atoms with van der Waals surface area (Å²) in [6, 6.07) is 21.1. The molecule has 0 aliphatic rings. The van der Waals surface area contributed by atoms with Crippen molar-refractivity contribution in [3.8, 4) is 17.3 Å². The first kappa shape index (κ1) is 21.6. The molecule has 32 heavy (non-hydrogen) atoms. The number of para-hydroxylation sites is 1. The number of carbonyl (C=O) groups is 1. The van der Waals surface area contributed by atoms with Gasteiger partial charge in [0.15, 0.2) is 0 Å². The smallest absolute Gasteiger partial charge is 0.232 e. The number of hydrogen-bond acceptors (Lipinski definition) is 4. The maximum Gasteiger partial charge on any atom is 0.232 e. The fourth-order valence-electron chi connectivity index (χ4n) is 3.35. The molecule has 7 nitrogen and oxygen atoms in total. The van der Waals surface area contributed by atoms with Gasteiger partial charge in [-0.2, -0.15) is 5.10 Å². The predicted octanol–water partition coefficient (Wildman–Crippen LogP) is 3.24. The van der Waals surface area contributed by atoms with Crippen molar-refractivity contribution in [3.63, 3.8) is 0 Å². The molecule has 8 heteroatoms. The van der Waals surface area contributed by atoms with Gasteiger partial charge >= 0.3 is 0 Å². The van der Waals surface area contributed by atoms with Gasteiger partial charge in [0.1, 0.15) is 17.3 Å². The second kappa shape index (κ2) is 10.1. The van der Waals surface area contributed by atoms with Crippen LogP contribution in [0.5, 0.6) is 5.75 Å². The van der Waals surface area contributed by atoms with Gasteiger partial charge in [0.25, 0.3) is 0 Å². The van der Waals surface area contributed by atoms with E-state index in [0.717, 1.165) is 28.4 Å². The van der Waals surface area contributed by atoms with Crippen molar-refractivity contribution < 1.29 is 13.7 Å². The standard InChI is InChI=1S/C24H24N4O3S/c1-31-22-11-9-19(10-12-22)15-25-23(29)18-32(30)17-20-16-26-28(21-7-3-2-4-8-21)24(20)27-13-5-6-14-27/h2-14,16H,15,17-18H2,1H3,(H,25,29). The lowest BCUT2D eigenvalue weighted by Crippen LogP contribution is -2.28. The predicted molar refractivity (Wildman–Crippen MR) is 124 cm³/mol. The Balaban J connectivity index is 1.42. The summed E-state index contributed by atoms with van der Waals surface area (Å²) in [5, 5.41) is 7.34. The Kier molecular flexibility index (Phi) is 6.81. The van der Waals surface area contributed by atoms with Gasteiger partial charge in [0, 0.05) is 35.3 Å². The van der Waals surface area contributed by atoms with Crippen molar-refractivity contribution in [2.45, 2.75) is 12.3 Å². The van der Waals surface area contributed by atoms with E-state index in [9.17, 15) is 9.00 Å². The van der Waals surface area contributed by atoms with Crippen LogP contribution >= 0.6 is 0 Å². The Labute approximate surface area is 189 Å². The molecule has 0 saturated carbocycles. The van der Waals surface area contributed by atoms with Gasteiger partial charge in [-0.3, -0.25) is 9.00 Å². The number of ether oxygens (including phenoxy) is 1. The number of carbonyl (C=O) groups excluding carboxylic acids is 1. The average Bonchev–Trinajstić information content (AvgIpc) is 3.48. The fraction of sp³-hybridized carbons (Fsp3) is 0.167. The van der Waals surface area contributed by atoms with Crippen molar-refractivity contribution in [3.05, 3.63) is 96.4 Å². The number of nitrogens with zero attached hydrogens (tertiary/aromatic N) is 3. The molecule has 0 saturated heterocycles. The Bertz CT molecular complexity index is 1190. The highest BCUT2D eigenvalue weighted by molar-refractivity contribution is 7.84. The van der Waals surface area contributed by atoms with E-state index in [-0.39, 0.29) is 17.4 Å². The van der Waals surface area contributed by atoms with Crippen LogP contribution in [-0.4, -0.2) is 37.3 Å². The van der Waals surface area contributed by atoms with Gasteiger partial charge in [0.2, 0.25) is 5.91 Å². The molecule has 4 rings (SSSR count). The Hall–Kier alpha value is -3.65. The van der Waals surface area contributed by atoms with Crippen molar-refractivity contribution in [1.82, 2.24) is 19.7 Å². The van der Waals surface area contributed by atoms with Crippen LogP contribution in [0.25, 0.3) is 11.5 Å². The fourth-order valence-corrected chi connectivity index (χ4v) is 4.40. The normalized spacial score (nSPS) is 11.8. The lowest BCUT2D eigenvalue weighted by atomic mass is 10.2. The van der Waals surface area contributed by atoms with Gasteiger partial charge in [0.05, 0.1) is 24.7 Å². The van der Waals surface area contributed by atoms with Gasteiger partial charge in [-0.25, -0.2) is 4.68 Å². The van der Waals surface area contributed by atoms with Gasteiger partial charge in [-0.05, 0) is 42.0 Å². The quantitative estimate of drug-likeness (QED) is 0.426. The highest BCUT2D eigenvalue weighted by Crippen LogP contribution is 2.21. The van der Waals surface area contributed by atoms with Crippen LogP contribution < -0.4 is 10.1 Å². The van der Waals surface area contributed by atoms with Crippen LogP contribution in [-0.2, 0) is 27.9 Å². The minimum Gasteiger partial charge on any atom is -0.497 e. The van der Waals surface area contributed by atoms with Crippen LogP contribution in [0.15, 0.2) is 85.3 Å². The molecular formula is C24H24N4O3S. The second-order valence-corrected chi connectivity index (χ2v) is 8.64. The SMILES string of the molecule is COc1ccc(CNC(=O)CS(=O)Cc2cnn(-c3ccccc3)c2-n2cccc2)cc1. The molecule has 4 aromatic rings. The molecular weight excluding hydrogens is 424 g/mol. The Morgan fingerprint density at radius 3 is 2.44 bits per heavy atom. The minimum absolute atomic E-state index is 0.0716. The van der Waals surface area contributed by atoms with Gasteiger partial charge in [-0.15, -0.1) is 0 Å². The molecule has 1 atom stereocenters. The first-order chi connectivity index (χ1) is 15.6. The number of hydrogen-bond donors (Lipinski definition) is 1. The van der Waals surface area contributed by atoms with Crippen molar-refractivity contribution in [1.29, 1.82) is 0 Å². The average molecular weight is 449 g/mol. The molecule has 0 spiro atoms. The molecule has 2 aromatic heterocycles. The number of amides is 1. The highest BCUT2D eigenvalue weighted by Gasteiger charge is 2.17. The summed E-state index contributed by atoms with van der Waals surface area (Å²) >= 11 is 0. The Morgan fingerprint density at radius 2 is 1.75 bits per heavy atom. The molecule has 1 N–H and O–H groups in total. The summed E-state index contributed by atoms with van der Waals surface area (Å²) < 4.78 is 21.7.